The number of pyridine rings is 1. The van der Waals surface area contributed by atoms with Crippen molar-refractivity contribution in [3.63, 3.8) is 0 Å². The first kappa shape index (κ1) is 21.1. The van der Waals surface area contributed by atoms with Crippen LogP contribution in [0.1, 0.15) is 5.69 Å². The molecular weight excluding hydrogens is 406 g/mol. The second kappa shape index (κ2) is 6.44. The highest BCUT2D eigenvalue weighted by molar-refractivity contribution is 7.98. The molecule has 0 aromatic carbocycles. The molecule has 142 valence electrons. The monoisotopic (exact) mass is 416 g/mol. The highest BCUT2D eigenvalue weighted by Crippen LogP contribution is 2.32. The topological polar surface area (TPSA) is 95.4 Å². The number of aryl methyl sites for hydroxylation is 1. The van der Waals surface area contributed by atoms with Crippen LogP contribution in [0.3, 0.4) is 0 Å². The van der Waals surface area contributed by atoms with Crippen molar-refractivity contribution in [2.75, 3.05) is 0 Å². The minimum atomic E-state index is -7.09. The molecule has 7 nitrogen and oxygen atoms in total. The van der Waals surface area contributed by atoms with E-state index in [-0.39, 0.29) is 5.69 Å². The van der Waals surface area contributed by atoms with Gasteiger partial charge in [-0.05, 0) is 0 Å². The first-order chi connectivity index (χ1) is 11.0. The Morgan fingerprint density at radius 2 is 1.48 bits per heavy atom. The van der Waals surface area contributed by atoms with Crippen LogP contribution >= 0.6 is 0 Å². The van der Waals surface area contributed by atoms with E-state index in [2.05, 4.69) is 0 Å². The normalized spacial score (nSPS) is 13.6. The van der Waals surface area contributed by atoms with E-state index in [1.807, 2.05) is 0 Å². The van der Waals surface area contributed by atoms with Gasteiger partial charge in [0.25, 0.3) is 6.54 Å². The van der Waals surface area contributed by atoms with Gasteiger partial charge < -0.3 is 5.11 Å². The molecule has 0 aliphatic rings. The molecule has 1 aromatic heterocycles. The summed E-state index contributed by atoms with van der Waals surface area (Å²) in [5.74, 6) is -2.20. The van der Waals surface area contributed by atoms with Gasteiger partial charge in [0, 0.05) is 19.1 Å². The Balaban J connectivity index is 3.77. The Bertz CT molecular complexity index is 856. The van der Waals surface area contributed by atoms with Crippen LogP contribution in [0.4, 0.5) is 26.3 Å². The zero-order valence-electron chi connectivity index (χ0n) is 12.1. The second-order valence-corrected chi connectivity index (χ2v) is 8.27. The SMILES string of the molecule is Cc1cccc[n+]1CC(O)=[N+](S(=O)(=O)C(F)(F)F)S(=O)(=O)C(F)(F)F. The zero-order valence-corrected chi connectivity index (χ0v) is 13.7. The summed E-state index contributed by atoms with van der Waals surface area (Å²) in [6.07, 6.45) is 1.07. The lowest BCUT2D eigenvalue weighted by Crippen LogP contribution is -2.50. The van der Waals surface area contributed by atoms with Crippen molar-refractivity contribution >= 4 is 25.9 Å². The standard InChI is InChI=1S/C10H9F6N2O5S2/c1-7-4-2-3-5-17(7)6-8(19)18(24(20,21)9(11,12)13)25(22,23)10(14,15)16/h2-5H,6H2,1H3/q+1/p+1. The Kier molecular flexibility index (Phi) is 5.44. The van der Waals surface area contributed by atoms with Gasteiger partial charge in [-0.2, -0.15) is 47.7 Å². The predicted molar refractivity (Wildman–Crippen MR) is 69.2 cm³/mol. The zero-order chi connectivity index (χ0) is 19.8. The molecule has 0 aliphatic carbocycles. The first-order valence-corrected chi connectivity index (χ1v) is 8.84. The molecule has 1 aromatic rings. The Morgan fingerprint density at radius 3 is 1.84 bits per heavy atom. The minimum absolute atomic E-state index is 0.183. The summed E-state index contributed by atoms with van der Waals surface area (Å²) >= 11 is 0. The number of aliphatic hydroxyl groups is 1. The van der Waals surface area contributed by atoms with Gasteiger partial charge in [-0.3, -0.25) is 0 Å². The summed E-state index contributed by atoms with van der Waals surface area (Å²) in [6.45, 7) is 0.0471. The van der Waals surface area contributed by atoms with Gasteiger partial charge in [0.2, 0.25) is 0 Å². The molecule has 15 heteroatoms. The van der Waals surface area contributed by atoms with Crippen molar-refractivity contribution in [2.24, 2.45) is 0 Å². The fraction of sp³-hybridized carbons (Fsp3) is 0.400. The lowest BCUT2D eigenvalue weighted by atomic mass is 10.3. The van der Waals surface area contributed by atoms with Gasteiger partial charge in [-0.1, -0.05) is 6.07 Å². The summed E-state index contributed by atoms with van der Waals surface area (Å²) in [5, 5.41) is 9.55. The van der Waals surface area contributed by atoms with Crippen LogP contribution in [0.15, 0.2) is 24.4 Å². The number of hydrogen-bond donors (Lipinski definition) is 1. The number of nitrogens with zero attached hydrogens (tertiary/aromatic N) is 2. The summed E-state index contributed by atoms with van der Waals surface area (Å²) in [6, 6.07) is 4.02. The molecule has 1 heterocycles. The number of aromatic nitrogens is 1. The third-order valence-corrected chi connectivity index (χ3v) is 6.35. The third kappa shape index (κ3) is 4.02. The van der Waals surface area contributed by atoms with E-state index in [0.717, 1.165) is 10.8 Å². The van der Waals surface area contributed by atoms with Crippen molar-refractivity contribution < 1.29 is 56.2 Å². The highest BCUT2D eigenvalue weighted by atomic mass is 32.3. The van der Waals surface area contributed by atoms with Crippen LogP contribution in [0.25, 0.3) is 0 Å². The van der Waals surface area contributed by atoms with E-state index in [9.17, 15) is 48.3 Å². The summed E-state index contributed by atoms with van der Waals surface area (Å²) in [5.41, 5.74) is -12.6. The van der Waals surface area contributed by atoms with Gasteiger partial charge >= 0.3 is 37.0 Å². The maximum absolute atomic E-state index is 12.6. The van der Waals surface area contributed by atoms with Gasteiger partial charge in [0.05, 0.1) is 3.39 Å². The number of halogens is 6. The smallest absolute Gasteiger partial charge is 0.457 e. The largest absolute Gasteiger partial charge is 0.561 e. The van der Waals surface area contributed by atoms with Crippen LogP contribution in [0, 0.1) is 6.92 Å². The molecule has 1 N–H and O–H groups in total. The van der Waals surface area contributed by atoms with E-state index in [0.29, 0.717) is 0 Å². The molecule has 0 aliphatic heterocycles. The van der Waals surface area contributed by atoms with E-state index in [4.69, 9.17) is 0 Å². The minimum Gasteiger partial charge on any atom is -0.457 e. The molecule has 0 radical (unpaired) electrons. The molecule has 0 unspecified atom stereocenters. The molecule has 0 bridgehead atoms. The van der Waals surface area contributed by atoms with Crippen LogP contribution < -0.4 is 4.57 Å². The van der Waals surface area contributed by atoms with E-state index in [1.165, 1.54) is 25.1 Å². The molecule has 0 saturated carbocycles. The van der Waals surface area contributed by atoms with Crippen LogP contribution in [-0.4, -0.2) is 42.2 Å². The Morgan fingerprint density at radius 1 is 1.04 bits per heavy atom. The maximum atomic E-state index is 12.6. The van der Waals surface area contributed by atoms with Crippen LogP contribution in [0.5, 0.6) is 0 Å². The average Bonchev–Trinajstić information content (AvgIpc) is 2.38. The first-order valence-electron chi connectivity index (χ1n) is 5.96. The highest BCUT2D eigenvalue weighted by Gasteiger charge is 2.68. The van der Waals surface area contributed by atoms with Gasteiger partial charge in [0.1, 0.15) is 0 Å². The van der Waals surface area contributed by atoms with Crippen molar-refractivity contribution in [3.05, 3.63) is 30.1 Å². The number of sulfonamides is 2. The van der Waals surface area contributed by atoms with E-state index < -0.39 is 46.9 Å². The van der Waals surface area contributed by atoms with Gasteiger partial charge in [-0.25, -0.2) is 0 Å². The number of hydrogen-bond acceptors (Lipinski definition) is 4. The quantitative estimate of drug-likeness (QED) is 0.341. The average molecular weight is 416 g/mol. The van der Waals surface area contributed by atoms with Crippen molar-refractivity contribution in [2.45, 2.75) is 24.5 Å². The Hall–Kier alpha value is -1.90. The summed E-state index contributed by atoms with van der Waals surface area (Å²) < 4.78 is 119. The fourth-order valence-electron chi connectivity index (χ4n) is 1.54. The molecule has 25 heavy (non-hydrogen) atoms. The van der Waals surface area contributed by atoms with Crippen LogP contribution in [0.2, 0.25) is 0 Å². The molecule has 0 fully saturated rings. The number of alkyl halides is 6. The van der Waals surface area contributed by atoms with Crippen molar-refractivity contribution in [1.29, 1.82) is 0 Å². The molecule has 1 rings (SSSR count). The van der Waals surface area contributed by atoms with Gasteiger partial charge in [0.15, 0.2) is 11.9 Å². The molecule has 0 amide bonds. The van der Waals surface area contributed by atoms with E-state index in [1.54, 1.807) is 0 Å². The number of aliphatic hydroxyl groups excluding tert-OH is 1. The number of rotatable bonds is 4. The van der Waals surface area contributed by atoms with Gasteiger partial charge in [-0.15, -0.1) is 0 Å². The Labute approximate surface area is 137 Å². The summed E-state index contributed by atoms with van der Waals surface area (Å²) in [7, 11) is -14.2. The van der Waals surface area contributed by atoms with Crippen LogP contribution in [-0.2, 0) is 26.6 Å². The fourth-order valence-corrected chi connectivity index (χ4v) is 4.13. The van der Waals surface area contributed by atoms with Crippen molar-refractivity contribution in [3.8, 4) is 0 Å². The third-order valence-electron chi connectivity index (χ3n) is 2.71. The predicted octanol–water partition coefficient (Wildman–Crippen LogP) is 0.951. The molecular formula is C10H10F6N2O5S2+2. The second-order valence-electron chi connectivity index (χ2n) is 4.48. The molecule has 0 spiro atoms. The summed E-state index contributed by atoms with van der Waals surface area (Å²) in [4.78, 5) is 0. The molecule has 0 saturated heterocycles. The maximum Gasteiger partial charge on any atom is 0.561 e. The van der Waals surface area contributed by atoms with E-state index >= 15 is 0 Å². The molecule has 0 atom stereocenters. The lowest BCUT2D eigenvalue weighted by Gasteiger charge is -2.09. The lowest BCUT2D eigenvalue weighted by molar-refractivity contribution is -0.692. The van der Waals surface area contributed by atoms with Crippen molar-refractivity contribution in [1.82, 2.24) is 0 Å².